The van der Waals surface area contributed by atoms with Crippen LogP contribution >= 0.6 is 23.1 Å². The largest absolute Gasteiger partial charge is 0.477 e. The molecule has 4 rings (SSSR count). The molecule has 0 amide bonds. The van der Waals surface area contributed by atoms with Crippen molar-refractivity contribution in [1.82, 2.24) is 24.8 Å². The Balaban J connectivity index is 1.78. The third kappa shape index (κ3) is 2.57. The highest BCUT2D eigenvalue weighted by Crippen LogP contribution is 2.35. The van der Waals surface area contributed by atoms with Gasteiger partial charge in [-0.15, -0.1) is 15.3 Å². The third-order valence-electron chi connectivity index (χ3n) is 3.10. The van der Waals surface area contributed by atoms with E-state index in [1.165, 1.54) is 23.1 Å². The van der Waals surface area contributed by atoms with Crippen LogP contribution in [-0.2, 0) is 0 Å². The molecule has 0 fully saturated rings. The zero-order valence-electron chi connectivity index (χ0n) is 12.1. The van der Waals surface area contributed by atoms with Crippen molar-refractivity contribution in [1.29, 1.82) is 0 Å². The molecular formula is C14H12N6OS2. The monoisotopic (exact) mass is 344 g/mol. The predicted molar refractivity (Wildman–Crippen MR) is 90.1 cm³/mol. The van der Waals surface area contributed by atoms with Crippen molar-refractivity contribution in [3.05, 3.63) is 30.3 Å². The minimum absolute atomic E-state index is 0.540. The minimum Gasteiger partial charge on any atom is -0.477 e. The zero-order chi connectivity index (χ0) is 15.8. The first-order valence-electron chi connectivity index (χ1n) is 6.93. The van der Waals surface area contributed by atoms with Crippen molar-refractivity contribution in [3.63, 3.8) is 0 Å². The minimum atomic E-state index is 0.540. The van der Waals surface area contributed by atoms with Gasteiger partial charge in [-0.1, -0.05) is 17.4 Å². The third-order valence-corrected chi connectivity index (χ3v) is 4.94. The summed E-state index contributed by atoms with van der Waals surface area (Å²) in [6.45, 7) is 2.47. The lowest BCUT2D eigenvalue weighted by atomic mass is 10.3. The molecule has 3 aromatic heterocycles. The van der Waals surface area contributed by atoms with Crippen molar-refractivity contribution >= 4 is 44.1 Å². The van der Waals surface area contributed by atoms with E-state index in [2.05, 4.69) is 20.3 Å². The summed E-state index contributed by atoms with van der Waals surface area (Å²) in [5, 5.41) is 14.0. The predicted octanol–water partition coefficient (Wildman–Crippen LogP) is 2.87. The molecule has 0 spiro atoms. The Labute approximate surface area is 139 Å². The van der Waals surface area contributed by atoms with E-state index in [9.17, 15) is 0 Å². The topological polar surface area (TPSA) is 91.2 Å². The van der Waals surface area contributed by atoms with Crippen LogP contribution < -0.4 is 10.5 Å². The molecule has 0 saturated carbocycles. The highest BCUT2D eigenvalue weighted by molar-refractivity contribution is 7.99. The van der Waals surface area contributed by atoms with Gasteiger partial charge in [0.2, 0.25) is 11.0 Å². The number of nitrogen functional groups attached to an aromatic ring is 1. The second kappa shape index (κ2) is 5.67. The van der Waals surface area contributed by atoms with Gasteiger partial charge < -0.3 is 10.5 Å². The molecule has 0 atom stereocenters. The summed E-state index contributed by atoms with van der Waals surface area (Å²) in [5.41, 5.74) is 7.35. The van der Waals surface area contributed by atoms with Gasteiger partial charge in [-0.3, -0.25) is 0 Å². The quantitative estimate of drug-likeness (QED) is 0.608. The number of aromatic nitrogens is 5. The summed E-state index contributed by atoms with van der Waals surface area (Å²) < 4.78 is 8.15. The van der Waals surface area contributed by atoms with Crippen LogP contribution in [0.1, 0.15) is 6.92 Å². The molecule has 0 aliphatic rings. The van der Waals surface area contributed by atoms with E-state index in [-0.39, 0.29) is 0 Å². The molecule has 116 valence electrons. The molecule has 7 nitrogen and oxygen atoms in total. The average Bonchev–Trinajstić information content (AvgIpc) is 3.11. The molecular weight excluding hydrogens is 332 g/mol. The standard InChI is InChI=1S/C14H12N6OS2/c1-2-21-11-7-6-10-17-18-14(20(10)19-11)23-9-5-3-4-8-12(9)16-13(15)22-8/h3-7H,2H2,1H3,(H2,15,16). The summed E-state index contributed by atoms with van der Waals surface area (Å²) in [4.78, 5) is 5.36. The van der Waals surface area contributed by atoms with Crippen LogP contribution in [0.15, 0.2) is 40.4 Å². The van der Waals surface area contributed by atoms with Crippen molar-refractivity contribution in [2.75, 3.05) is 12.3 Å². The number of nitrogens with zero attached hydrogens (tertiary/aromatic N) is 5. The maximum Gasteiger partial charge on any atom is 0.231 e. The van der Waals surface area contributed by atoms with Gasteiger partial charge in [0, 0.05) is 11.0 Å². The van der Waals surface area contributed by atoms with Crippen molar-refractivity contribution < 1.29 is 4.74 Å². The normalized spacial score (nSPS) is 11.3. The molecule has 1 aromatic carbocycles. The number of benzene rings is 1. The van der Waals surface area contributed by atoms with Crippen LogP contribution in [0.3, 0.4) is 0 Å². The molecule has 23 heavy (non-hydrogen) atoms. The Hall–Kier alpha value is -2.39. The highest BCUT2D eigenvalue weighted by atomic mass is 32.2. The molecule has 0 radical (unpaired) electrons. The first kappa shape index (κ1) is 14.2. The molecule has 2 N–H and O–H groups in total. The maximum absolute atomic E-state index is 5.81. The number of hydrogen-bond donors (Lipinski definition) is 1. The first-order chi connectivity index (χ1) is 11.2. The van der Waals surface area contributed by atoms with E-state index in [1.54, 1.807) is 10.6 Å². The summed E-state index contributed by atoms with van der Waals surface area (Å²) in [5.74, 6) is 0.540. The molecule has 9 heteroatoms. The van der Waals surface area contributed by atoms with Crippen LogP contribution in [-0.4, -0.2) is 31.4 Å². The fourth-order valence-corrected chi connectivity index (χ4v) is 3.89. The molecule has 0 unspecified atom stereocenters. The van der Waals surface area contributed by atoms with E-state index in [4.69, 9.17) is 10.5 Å². The highest BCUT2D eigenvalue weighted by Gasteiger charge is 2.13. The molecule has 3 heterocycles. The van der Waals surface area contributed by atoms with Crippen LogP contribution in [0, 0.1) is 0 Å². The van der Waals surface area contributed by atoms with E-state index in [0.29, 0.717) is 28.4 Å². The van der Waals surface area contributed by atoms with Crippen molar-refractivity contribution in [3.8, 4) is 5.88 Å². The Bertz CT molecular complexity index is 995. The van der Waals surface area contributed by atoms with Crippen molar-refractivity contribution in [2.45, 2.75) is 17.0 Å². The number of ether oxygens (including phenoxy) is 1. The lowest BCUT2D eigenvalue weighted by Crippen LogP contribution is -2.00. The van der Waals surface area contributed by atoms with Crippen LogP contribution in [0.4, 0.5) is 5.13 Å². The lowest BCUT2D eigenvalue weighted by Gasteiger charge is -2.03. The summed E-state index contributed by atoms with van der Waals surface area (Å²) >= 11 is 2.92. The van der Waals surface area contributed by atoms with Crippen LogP contribution in [0.2, 0.25) is 0 Å². The van der Waals surface area contributed by atoms with Crippen molar-refractivity contribution in [2.24, 2.45) is 0 Å². The summed E-state index contributed by atoms with van der Waals surface area (Å²) in [6.07, 6.45) is 0. The molecule has 0 bridgehead atoms. The zero-order valence-corrected chi connectivity index (χ0v) is 13.8. The van der Waals surface area contributed by atoms with Gasteiger partial charge in [-0.2, -0.15) is 4.52 Å². The second-order valence-electron chi connectivity index (χ2n) is 4.61. The Kier molecular flexibility index (Phi) is 3.50. The van der Waals surface area contributed by atoms with E-state index in [1.807, 2.05) is 31.2 Å². The average molecular weight is 344 g/mol. The second-order valence-corrected chi connectivity index (χ2v) is 6.69. The first-order valence-corrected chi connectivity index (χ1v) is 8.56. The van der Waals surface area contributed by atoms with Gasteiger partial charge in [-0.25, -0.2) is 4.98 Å². The number of rotatable bonds is 4. The Morgan fingerprint density at radius 1 is 1.26 bits per heavy atom. The number of fused-ring (bicyclic) bond motifs is 2. The smallest absolute Gasteiger partial charge is 0.231 e. The number of para-hydroxylation sites is 1. The summed E-state index contributed by atoms with van der Waals surface area (Å²) in [7, 11) is 0. The van der Waals surface area contributed by atoms with Gasteiger partial charge in [0.05, 0.1) is 16.8 Å². The number of anilines is 1. The molecule has 4 aromatic rings. The maximum atomic E-state index is 5.81. The SMILES string of the molecule is CCOc1ccc2nnc(Sc3cccc4sc(N)nc34)n2n1. The lowest BCUT2D eigenvalue weighted by molar-refractivity contribution is 0.320. The van der Waals surface area contributed by atoms with Gasteiger partial charge in [0.25, 0.3) is 0 Å². The Morgan fingerprint density at radius 2 is 2.17 bits per heavy atom. The number of hydrogen-bond acceptors (Lipinski definition) is 8. The molecule has 0 aliphatic heterocycles. The van der Waals surface area contributed by atoms with E-state index >= 15 is 0 Å². The van der Waals surface area contributed by atoms with Crippen LogP contribution in [0.25, 0.3) is 15.9 Å². The molecule has 0 aliphatic carbocycles. The van der Waals surface area contributed by atoms with E-state index < -0.39 is 0 Å². The number of thiazole rings is 1. The van der Waals surface area contributed by atoms with E-state index in [0.717, 1.165) is 15.1 Å². The Morgan fingerprint density at radius 3 is 3.04 bits per heavy atom. The molecule has 0 saturated heterocycles. The fraction of sp³-hybridized carbons (Fsp3) is 0.143. The fourth-order valence-electron chi connectivity index (χ4n) is 2.16. The van der Waals surface area contributed by atoms with Gasteiger partial charge >= 0.3 is 0 Å². The number of nitrogens with two attached hydrogens (primary N) is 1. The van der Waals surface area contributed by atoms with Gasteiger partial charge in [0.1, 0.15) is 0 Å². The summed E-state index contributed by atoms with van der Waals surface area (Å²) in [6, 6.07) is 9.57. The van der Waals surface area contributed by atoms with Crippen LogP contribution in [0.5, 0.6) is 5.88 Å². The van der Waals surface area contributed by atoms with Gasteiger partial charge in [0.15, 0.2) is 10.8 Å². The van der Waals surface area contributed by atoms with Gasteiger partial charge in [-0.05, 0) is 36.9 Å².